The van der Waals surface area contributed by atoms with Crippen molar-refractivity contribution in [3.05, 3.63) is 60.7 Å². The molecular weight excluding hydrogens is 234 g/mol. The van der Waals surface area contributed by atoms with Crippen molar-refractivity contribution >= 4 is 0 Å². The topological polar surface area (TPSA) is 37.8 Å². The molecule has 0 saturated heterocycles. The van der Waals surface area contributed by atoms with Crippen molar-refractivity contribution in [1.82, 2.24) is 15.3 Å². The molecule has 1 heterocycles. The number of hydrogen-bond donors (Lipinski definition) is 1. The van der Waals surface area contributed by atoms with E-state index in [9.17, 15) is 0 Å². The average molecular weight is 253 g/mol. The summed E-state index contributed by atoms with van der Waals surface area (Å²) in [6, 6.07) is 8.80. The average Bonchev–Trinajstić information content (AvgIpc) is 2.46. The number of rotatable bonds is 5. The van der Waals surface area contributed by atoms with E-state index in [0.29, 0.717) is 6.04 Å². The minimum absolute atomic E-state index is 0.317. The third kappa shape index (κ3) is 3.73. The SMILES string of the molecule is C=C(C)CNC(C)c1ccc(-c2cncnc2)cc1. The van der Waals surface area contributed by atoms with Gasteiger partial charge >= 0.3 is 0 Å². The minimum atomic E-state index is 0.317. The van der Waals surface area contributed by atoms with E-state index >= 15 is 0 Å². The predicted octanol–water partition coefficient (Wildman–Crippen LogP) is 3.37. The van der Waals surface area contributed by atoms with E-state index in [4.69, 9.17) is 0 Å². The summed E-state index contributed by atoms with van der Waals surface area (Å²) in [5.41, 5.74) is 4.58. The van der Waals surface area contributed by atoms with Gasteiger partial charge in [0.05, 0.1) is 0 Å². The first-order valence-electron chi connectivity index (χ1n) is 6.40. The molecule has 3 nitrogen and oxygen atoms in total. The van der Waals surface area contributed by atoms with Gasteiger partial charge in [0.15, 0.2) is 0 Å². The number of aromatic nitrogens is 2. The molecular formula is C16H19N3. The van der Waals surface area contributed by atoms with Crippen LogP contribution in [0.4, 0.5) is 0 Å². The van der Waals surface area contributed by atoms with Gasteiger partial charge in [-0.25, -0.2) is 9.97 Å². The van der Waals surface area contributed by atoms with Crippen molar-refractivity contribution in [2.75, 3.05) is 6.54 Å². The van der Waals surface area contributed by atoms with E-state index in [-0.39, 0.29) is 0 Å². The molecule has 0 radical (unpaired) electrons. The standard InChI is InChI=1S/C16H19N3/c1-12(2)8-19-13(3)14-4-6-15(7-5-14)16-9-17-11-18-10-16/h4-7,9-11,13,19H,1,8H2,2-3H3. The van der Waals surface area contributed by atoms with Gasteiger partial charge in [-0.05, 0) is 25.0 Å². The summed E-state index contributed by atoms with van der Waals surface area (Å²) < 4.78 is 0. The molecule has 2 aromatic rings. The van der Waals surface area contributed by atoms with Crippen molar-refractivity contribution in [2.24, 2.45) is 0 Å². The van der Waals surface area contributed by atoms with E-state index in [0.717, 1.165) is 23.2 Å². The third-order valence-corrected chi connectivity index (χ3v) is 3.01. The molecule has 2 rings (SSSR count). The van der Waals surface area contributed by atoms with Gasteiger partial charge in [-0.15, -0.1) is 0 Å². The van der Waals surface area contributed by atoms with Crippen LogP contribution in [0.15, 0.2) is 55.1 Å². The van der Waals surface area contributed by atoms with Crippen LogP contribution < -0.4 is 5.32 Å². The van der Waals surface area contributed by atoms with Crippen LogP contribution in [-0.2, 0) is 0 Å². The predicted molar refractivity (Wildman–Crippen MR) is 78.7 cm³/mol. The summed E-state index contributed by atoms with van der Waals surface area (Å²) in [5.74, 6) is 0. The van der Waals surface area contributed by atoms with Gasteiger partial charge in [0.25, 0.3) is 0 Å². The quantitative estimate of drug-likeness (QED) is 0.830. The maximum Gasteiger partial charge on any atom is 0.115 e. The molecule has 1 aromatic heterocycles. The van der Waals surface area contributed by atoms with Crippen LogP contribution in [0.25, 0.3) is 11.1 Å². The first-order valence-corrected chi connectivity index (χ1v) is 6.40. The molecule has 1 N–H and O–H groups in total. The lowest BCUT2D eigenvalue weighted by atomic mass is 10.0. The largest absolute Gasteiger partial charge is 0.306 e. The van der Waals surface area contributed by atoms with E-state index in [1.807, 2.05) is 19.3 Å². The molecule has 0 aliphatic heterocycles. The Morgan fingerprint density at radius 3 is 2.37 bits per heavy atom. The Labute approximate surface area is 114 Å². The normalized spacial score (nSPS) is 12.1. The van der Waals surface area contributed by atoms with Gasteiger partial charge in [-0.1, -0.05) is 36.4 Å². The maximum atomic E-state index is 4.03. The summed E-state index contributed by atoms with van der Waals surface area (Å²) in [5, 5.41) is 3.43. The van der Waals surface area contributed by atoms with Crippen LogP contribution in [0.1, 0.15) is 25.5 Å². The van der Waals surface area contributed by atoms with Crippen LogP contribution >= 0.6 is 0 Å². The lowest BCUT2D eigenvalue weighted by molar-refractivity contribution is 0.607. The highest BCUT2D eigenvalue weighted by molar-refractivity contribution is 5.61. The zero-order chi connectivity index (χ0) is 13.7. The maximum absolute atomic E-state index is 4.03. The van der Waals surface area contributed by atoms with Gasteiger partial charge < -0.3 is 5.32 Å². The van der Waals surface area contributed by atoms with E-state index < -0.39 is 0 Å². The third-order valence-electron chi connectivity index (χ3n) is 3.01. The molecule has 19 heavy (non-hydrogen) atoms. The molecule has 0 aliphatic carbocycles. The fourth-order valence-corrected chi connectivity index (χ4v) is 1.86. The van der Waals surface area contributed by atoms with Gasteiger partial charge in [-0.2, -0.15) is 0 Å². The lowest BCUT2D eigenvalue weighted by Crippen LogP contribution is -2.20. The Bertz CT molecular complexity index is 532. The Morgan fingerprint density at radius 1 is 1.16 bits per heavy atom. The van der Waals surface area contributed by atoms with Gasteiger partial charge in [-0.3, -0.25) is 0 Å². The molecule has 0 aliphatic rings. The number of nitrogens with one attached hydrogen (secondary N) is 1. The second-order valence-corrected chi connectivity index (χ2v) is 4.81. The smallest absolute Gasteiger partial charge is 0.115 e. The first kappa shape index (κ1) is 13.4. The zero-order valence-corrected chi connectivity index (χ0v) is 11.4. The molecule has 0 bridgehead atoms. The van der Waals surface area contributed by atoms with E-state index in [1.165, 1.54) is 5.56 Å². The van der Waals surface area contributed by atoms with Crippen LogP contribution in [-0.4, -0.2) is 16.5 Å². The molecule has 0 spiro atoms. The van der Waals surface area contributed by atoms with Gasteiger partial charge in [0.2, 0.25) is 0 Å². The van der Waals surface area contributed by atoms with E-state index in [2.05, 4.69) is 53.1 Å². The summed E-state index contributed by atoms with van der Waals surface area (Å²) in [4.78, 5) is 8.07. The van der Waals surface area contributed by atoms with Crippen molar-refractivity contribution in [3.63, 3.8) is 0 Å². The minimum Gasteiger partial charge on any atom is -0.306 e. The summed E-state index contributed by atoms with van der Waals surface area (Å²) in [6.07, 6.45) is 5.19. The fourth-order valence-electron chi connectivity index (χ4n) is 1.86. The Morgan fingerprint density at radius 2 is 1.79 bits per heavy atom. The highest BCUT2D eigenvalue weighted by Gasteiger charge is 2.05. The van der Waals surface area contributed by atoms with Crippen LogP contribution in [0.5, 0.6) is 0 Å². The number of nitrogens with zero attached hydrogens (tertiary/aromatic N) is 2. The van der Waals surface area contributed by atoms with Crippen molar-refractivity contribution < 1.29 is 0 Å². The Kier molecular flexibility index (Phi) is 4.42. The molecule has 3 heteroatoms. The molecule has 1 aromatic carbocycles. The van der Waals surface area contributed by atoms with Crippen LogP contribution in [0.2, 0.25) is 0 Å². The molecule has 0 amide bonds. The monoisotopic (exact) mass is 253 g/mol. The van der Waals surface area contributed by atoms with Gasteiger partial charge in [0.1, 0.15) is 6.33 Å². The fraction of sp³-hybridized carbons (Fsp3) is 0.250. The molecule has 0 saturated carbocycles. The number of benzene rings is 1. The summed E-state index contributed by atoms with van der Waals surface area (Å²) in [6.45, 7) is 8.92. The first-order chi connectivity index (χ1) is 9.16. The highest BCUT2D eigenvalue weighted by atomic mass is 14.9. The molecule has 98 valence electrons. The highest BCUT2D eigenvalue weighted by Crippen LogP contribution is 2.20. The van der Waals surface area contributed by atoms with E-state index in [1.54, 1.807) is 6.33 Å². The molecule has 1 unspecified atom stereocenters. The second kappa shape index (κ2) is 6.25. The summed E-state index contributed by atoms with van der Waals surface area (Å²) in [7, 11) is 0. The van der Waals surface area contributed by atoms with Crippen LogP contribution in [0.3, 0.4) is 0 Å². The summed E-state index contributed by atoms with van der Waals surface area (Å²) >= 11 is 0. The number of hydrogen-bond acceptors (Lipinski definition) is 3. The van der Waals surface area contributed by atoms with Gasteiger partial charge in [0, 0.05) is 30.5 Å². The van der Waals surface area contributed by atoms with Crippen molar-refractivity contribution in [3.8, 4) is 11.1 Å². The van der Waals surface area contributed by atoms with Crippen molar-refractivity contribution in [2.45, 2.75) is 19.9 Å². The Hall–Kier alpha value is -2.00. The second-order valence-electron chi connectivity index (χ2n) is 4.81. The Balaban J connectivity index is 2.08. The lowest BCUT2D eigenvalue weighted by Gasteiger charge is -2.14. The zero-order valence-electron chi connectivity index (χ0n) is 11.4. The van der Waals surface area contributed by atoms with Crippen molar-refractivity contribution in [1.29, 1.82) is 0 Å². The molecule has 1 atom stereocenters. The molecule has 0 fully saturated rings. The van der Waals surface area contributed by atoms with Crippen LogP contribution in [0, 0.1) is 0 Å².